The fraction of sp³-hybridized carbons (Fsp3) is 0.333. The van der Waals surface area contributed by atoms with Crippen LogP contribution in [-0.2, 0) is 16.0 Å². The average Bonchev–Trinajstić information content (AvgIpc) is 2.67. The van der Waals surface area contributed by atoms with Gasteiger partial charge in [0.25, 0.3) is 0 Å². The number of alkyl halides is 3. The molecule has 1 aromatic rings. The lowest BCUT2D eigenvalue weighted by Crippen LogP contribution is -2.42. The highest BCUT2D eigenvalue weighted by atomic mass is 19.4. The van der Waals surface area contributed by atoms with Crippen molar-refractivity contribution in [1.82, 2.24) is 5.32 Å². The van der Waals surface area contributed by atoms with E-state index >= 15 is 0 Å². The van der Waals surface area contributed by atoms with Crippen LogP contribution in [0, 0.1) is 5.92 Å². The topological polar surface area (TPSA) is 66.4 Å². The van der Waals surface area contributed by atoms with Gasteiger partial charge in [0.15, 0.2) is 0 Å². The number of nitrogens with one attached hydrogen (secondary N) is 1. The van der Waals surface area contributed by atoms with E-state index in [1.54, 1.807) is 23.5 Å². The van der Waals surface area contributed by atoms with Crippen LogP contribution in [0.5, 0.6) is 0 Å². The number of halogens is 3. The van der Waals surface area contributed by atoms with Crippen LogP contribution in [0.2, 0.25) is 0 Å². The highest BCUT2D eigenvalue weighted by molar-refractivity contribution is 5.83. The maximum atomic E-state index is 12.2. The van der Waals surface area contributed by atoms with Crippen LogP contribution in [0.3, 0.4) is 0 Å². The number of rotatable bonds is 2. The second-order valence-electron chi connectivity index (χ2n) is 4.30. The van der Waals surface area contributed by atoms with Crippen molar-refractivity contribution >= 4 is 11.9 Å². The predicted octanol–water partition coefficient (Wildman–Crippen LogP) is 1.66. The van der Waals surface area contributed by atoms with E-state index in [1.165, 1.54) is 6.07 Å². The number of carbonyl (C=O) groups is 2. The summed E-state index contributed by atoms with van der Waals surface area (Å²) in [5.74, 6) is -4.44. The summed E-state index contributed by atoms with van der Waals surface area (Å²) in [5, 5.41) is 10.8. The summed E-state index contributed by atoms with van der Waals surface area (Å²) in [7, 11) is 0. The highest BCUT2D eigenvalue weighted by Gasteiger charge is 2.44. The molecule has 0 radical (unpaired) electrons. The van der Waals surface area contributed by atoms with E-state index in [0.29, 0.717) is 11.1 Å². The minimum atomic E-state index is -5.03. The second-order valence-corrected chi connectivity index (χ2v) is 4.30. The molecule has 0 spiro atoms. The number of hydrogen-bond acceptors (Lipinski definition) is 2. The molecule has 1 amide bonds. The molecule has 4 nitrogen and oxygen atoms in total. The van der Waals surface area contributed by atoms with Crippen molar-refractivity contribution in [3.05, 3.63) is 35.4 Å². The Balaban J connectivity index is 2.30. The summed E-state index contributed by atoms with van der Waals surface area (Å²) < 4.78 is 36.7. The molecule has 7 heteroatoms. The zero-order valence-electron chi connectivity index (χ0n) is 9.57. The molecule has 19 heavy (non-hydrogen) atoms. The second kappa shape index (κ2) is 4.56. The molecule has 1 aliphatic carbocycles. The minimum absolute atomic E-state index is 0.105. The van der Waals surface area contributed by atoms with Crippen LogP contribution in [0.15, 0.2) is 24.3 Å². The van der Waals surface area contributed by atoms with Gasteiger partial charge in [0.1, 0.15) is 0 Å². The number of carboxylic acid groups (broad SMARTS) is 1. The Hall–Kier alpha value is -2.05. The van der Waals surface area contributed by atoms with Crippen LogP contribution >= 0.6 is 0 Å². The lowest BCUT2D eigenvalue weighted by atomic mass is 10.0. The number of benzene rings is 1. The molecular formula is C12H10F3NO3. The summed E-state index contributed by atoms with van der Waals surface area (Å²) >= 11 is 0. The van der Waals surface area contributed by atoms with Gasteiger partial charge in [-0.25, -0.2) is 0 Å². The number of aliphatic carboxylic acids is 1. The third-order valence-corrected chi connectivity index (χ3v) is 3.09. The minimum Gasteiger partial charge on any atom is -0.481 e. The summed E-state index contributed by atoms with van der Waals surface area (Å²) in [6.45, 7) is 0. The van der Waals surface area contributed by atoms with Crippen LogP contribution < -0.4 is 5.32 Å². The molecule has 0 heterocycles. The Labute approximate surface area is 106 Å². The van der Waals surface area contributed by atoms with E-state index in [4.69, 9.17) is 5.11 Å². The first kappa shape index (κ1) is 13.4. The van der Waals surface area contributed by atoms with Gasteiger partial charge in [0.2, 0.25) is 0 Å². The smallest absolute Gasteiger partial charge is 0.471 e. The average molecular weight is 273 g/mol. The van der Waals surface area contributed by atoms with E-state index < -0.39 is 30.0 Å². The van der Waals surface area contributed by atoms with E-state index in [-0.39, 0.29) is 6.42 Å². The third-order valence-electron chi connectivity index (χ3n) is 3.09. The summed E-state index contributed by atoms with van der Waals surface area (Å²) in [6, 6.07) is 5.29. The zero-order valence-corrected chi connectivity index (χ0v) is 9.57. The van der Waals surface area contributed by atoms with Gasteiger partial charge in [0, 0.05) is 0 Å². The van der Waals surface area contributed by atoms with Gasteiger partial charge < -0.3 is 10.4 Å². The highest BCUT2D eigenvalue weighted by Crippen LogP contribution is 2.36. The van der Waals surface area contributed by atoms with Gasteiger partial charge in [-0.2, -0.15) is 13.2 Å². The van der Waals surface area contributed by atoms with Crippen LogP contribution in [0.4, 0.5) is 13.2 Å². The lowest BCUT2D eigenvalue weighted by molar-refractivity contribution is -0.175. The Kier molecular flexibility index (Phi) is 3.21. The molecule has 2 N–H and O–H groups in total. The van der Waals surface area contributed by atoms with Crippen LogP contribution in [-0.4, -0.2) is 23.2 Å². The van der Waals surface area contributed by atoms with Crippen LogP contribution in [0.25, 0.3) is 0 Å². The Morgan fingerprint density at radius 3 is 2.47 bits per heavy atom. The fourth-order valence-electron chi connectivity index (χ4n) is 2.23. The van der Waals surface area contributed by atoms with Crippen molar-refractivity contribution < 1.29 is 27.9 Å². The van der Waals surface area contributed by atoms with E-state index in [0.717, 1.165) is 0 Å². The maximum Gasteiger partial charge on any atom is 0.471 e. The monoisotopic (exact) mass is 273 g/mol. The molecule has 0 aliphatic heterocycles. The fourth-order valence-corrected chi connectivity index (χ4v) is 2.23. The van der Waals surface area contributed by atoms with Crippen molar-refractivity contribution in [3.8, 4) is 0 Å². The standard InChI is InChI=1S/C12H10F3NO3/c13-12(14,15)11(19)16-9-7-4-2-1-3-6(7)5-8(9)10(17)18/h1-4,8-9H,5H2,(H,16,19)(H,17,18). The van der Waals surface area contributed by atoms with E-state index in [9.17, 15) is 22.8 Å². The molecule has 0 saturated heterocycles. The zero-order chi connectivity index (χ0) is 14.2. The predicted molar refractivity (Wildman–Crippen MR) is 58.2 cm³/mol. The van der Waals surface area contributed by atoms with Crippen molar-refractivity contribution in [3.63, 3.8) is 0 Å². The van der Waals surface area contributed by atoms with Crippen molar-refractivity contribution in [2.45, 2.75) is 18.6 Å². The molecule has 2 rings (SSSR count). The van der Waals surface area contributed by atoms with Gasteiger partial charge >= 0.3 is 18.1 Å². The largest absolute Gasteiger partial charge is 0.481 e. The molecule has 1 aromatic carbocycles. The molecule has 0 fully saturated rings. The summed E-state index contributed by atoms with van der Waals surface area (Å²) in [5.41, 5.74) is 1.06. The Morgan fingerprint density at radius 1 is 1.26 bits per heavy atom. The van der Waals surface area contributed by atoms with Gasteiger partial charge in [-0.1, -0.05) is 24.3 Å². The first-order valence-corrected chi connectivity index (χ1v) is 5.49. The maximum absolute atomic E-state index is 12.2. The van der Waals surface area contributed by atoms with Crippen molar-refractivity contribution in [2.75, 3.05) is 0 Å². The number of amides is 1. The van der Waals surface area contributed by atoms with Gasteiger partial charge in [-0.3, -0.25) is 9.59 Å². The number of fused-ring (bicyclic) bond motifs is 1. The number of hydrogen-bond donors (Lipinski definition) is 2. The van der Waals surface area contributed by atoms with Gasteiger partial charge in [0.05, 0.1) is 12.0 Å². The first-order valence-electron chi connectivity index (χ1n) is 5.49. The number of carbonyl (C=O) groups excluding carboxylic acids is 1. The quantitative estimate of drug-likeness (QED) is 0.861. The lowest BCUT2D eigenvalue weighted by Gasteiger charge is -2.19. The molecule has 0 saturated carbocycles. The van der Waals surface area contributed by atoms with E-state index in [1.807, 2.05) is 0 Å². The molecule has 2 atom stereocenters. The Morgan fingerprint density at radius 2 is 1.89 bits per heavy atom. The normalized spacial score (nSPS) is 21.8. The molecule has 2 unspecified atom stereocenters. The number of carboxylic acids is 1. The molecule has 1 aliphatic rings. The van der Waals surface area contributed by atoms with Gasteiger partial charge in [-0.05, 0) is 17.5 Å². The molecular weight excluding hydrogens is 263 g/mol. The van der Waals surface area contributed by atoms with Crippen LogP contribution in [0.1, 0.15) is 17.2 Å². The van der Waals surface area contributed by atoms with Gasteiger partial charge in [-0.15, -0.1) is 0 Å². The summed E-state index contributed by atoms with van der Waals surface area (Å²) in [4.78, 5) is 22.0. The van der Waals surface area contributed by atoms with Crippen molar-refractivity contribution in [1.29, 1.82) is 0 Å². The summed E-state index contributed by atoms with van der Waals surface area (Å²) in [6.07, 6.45) is -4.92. The third kappa shape index (κ3) is 2.54. The van der Waals surface area contributed by atoms with E-state index in [2.05, 4.69) is 0 Å². The molecule has 0 aromatic heterocycles. The molecule has 102 valence electrons. The molecule has 0 bridgehead atoms. The first-order chi connectivity index (χ1) is 8.80. The Bertz CT molecular complexity index is 527. The SMILES string of the molecule is O=C(O)C1Cc2ccccc2C1NC(=O)C(F)(F)F. The van der Waals surface area contributed by atoms with Crippen molar-refractivity contribution in [2.24, 2.45) is 5.92 Å².